The molecular formula is C10H21NS. The summed E-state index contributed by atoms with van der Waals surface area (Å²) in [7, 11) is 0. The standard InChI is InChI=1S/C10H21NS/c1-6-11-7-9(2)8-12-10(3,4)5/h11H,2,6-8H2,1,3-5H3. The van der Waals surface area contributed by atoms with Crippen molar-refractivity contribution >= 4 is 11.8 Å². The van der Waals surface area contributed by atoms with Gasteiger partial charge >= 0.3 is 0 Å². The van der Waals surface area contributed by atoms with Gasteiger partial charge in [-0.25, -0.2) is 0 Å². The van der Waals surface area contributed by atoms with Crippen molar-refractivity contribution in [3.8, 4) is 0 Å². The van der Waals surface area contributed by atoms with E-state index in [2.05, 4.69) is 39.6 Å². The number of likely N-dealkylation sites (N-methyl/N-ethyl adjacent to an activating group) is 1. The molecule has 12 heavy (non-hydrogen) atoms. The molecule has 2 heteroatoms. The number of hydrogen-bond donors (Lipinski definition) is 1. The smallest absolute Gasteiger partial charge is 0.0170 e. The third-order valence-corrected chi connectivity index (χ3v) is 2.75. The first-order valence-corrected chi connectivity index (χ1v) is 5.45. The molecule has 0 amide bonds. The molecule has 0 saturated carbocycles. The van der Waals surface area contributed by atoms with E-state index in [0.717, 1.165) is 18.8 Å². The molecule has 0 aromatic carbocycles. The number of nitrogens with one attached hydrogen (secondary N) is 1. The van der Waals surface area contributed by atoms with Crippen LogP contribution in [0.25, 0.3) is 0 Å². The predicted octanol–water partition coefficient (Wildman–Crippen LogP) is 2.68. The van der Waals surface area contributed by atoms with E-state index in [4.69, 9.17) is 0 Å². The zero-order chi connectivity index (χ0) is 9.61. The lowest BCUT2D eigenvalue weighted by Gasteiger charge is -2.18. The first-order chi connectivity index (χ1) is 5.45. The highest BCUT2D eigenvalue weighted by Crippen LogP contribution is 2.24. The Morgan fingerprint density at radius 2 is 2.00 bits per heavy atom. The Kier molecular flexibility index (Phi) is 5.68. The SMILES string of the molecule is C=C(CNCC)CSC(C)(C)C. The van der Waals surface area contributed by atoms with Gasteiger partial charge in [0.15, 0.2) is 0 Å². The van der Waals surface area contributed by atoms with E-state index >= 15 is 0 Å². The summed E-state index contributed by atoms with van der Waals surface area (Å²) >= 11 is 1.95. The van der Waals surface area contributed by atoms with Crippen LogP contribution in [0.5, 0.6) is 0 Å². The van der Waals surface area contributed by atoms with Crippen LogP contribution >= 0.6 is 11.8 Å². The van der Waals surface area contributed by atoms with Crippen LogP contribution in [0, 0.1) is 0 Å². The fraction of sp³-hybridized carbons (Fsp3) is 0.800. The maximum atomic E-state index is 4.01. The molecule has 0 aliphatic heterocycles. The van der Waals surface area contributed by atoms with Crippen LogP contribution in [0.4, 0.5) is 0 Å². The topological polar surface area (TPSA) is 12.0 Å². The number of hydrogen-bond acceptors (Lipinski definition) is 2. The van der Waals surface area contributed by atoms with Crippen LogP contribution in [0.15, 0.2) is 12.2 Å². The molecule has 72 valence electrons. The Morgan fingerprint density at radius 1 is 1.42 bits per heavy atom. The quantitative estimate of drug-likeness (QED) is 0.664. The normalized spacial score (nSPS) is 11.7. The van der Waals surface area contributed by atoms with Crippen molar-refractivity contribution in [2.45, 2.75) is 32.4 Å². The summed E-state index contributed by atoms with van der Waals surface area (Å²) in [6.07, 6.45) is 0. The van der Waals surface area contributed by atoms with Crippen LogP contribution < -0.4 is 5.32 Å². The fourth-order valence-electron chi connectivity index (χ4n) is 0.671. The summed E-state index contributed by atoms with van der Waals surface area (Å²) in [5, 5.41) is 3.27. The average molecular weight is 187 g/mol. The van der Waals surface area contributed by atoms with Crippen LogP contribution in [-0.2, 0) is 0 Å². The second-order valence-corrected chi connectivity index (χ2v) is 5.73. The molecule has 0 fully saturated rings. The minimum atomic E-state index is 0.356. The van der Waals surface area contributed by atoms with Crippen molar-refractivity contribution in [1.29, 1.82) is 0 Å². The van der Waals surface area contributed by atoms with E-state index in [1.165, 1.54) is 5.57 Å². The van der Waals surface area contributed by atoms with Gasteiger partial charge in [0.1, 0.15) is 0 Å². The van der Waals surface area contributed by atoms with E-state index in [0.29, 0.717) is 4.75 Å². The zero-order valence-corrected chi connectivity index (χ0v) is 9.55. The van der Waals surface area contributed by atoms with Crippen LogP contribution in [-0.4, -0.2) is 23.6 Å². The van der Waals surface area contributed by atoms with Crippen molar-refractivity contribution in [3.05, 3.63) is 12.2 Å². The second-order valence-electron chi connectivity index (χ2n) is 3.93. The molecule has 0 heterocycles. The average Bonchev–Trinajstić information content (AvgIpc) is 1.95. The highest BCUT2D eigenvalue weighted by molar-refractivity contribution is 8.00. The summed E-state index contributed by atoms with van der Waals surface area (Å²) in [5.74, 6) is 1.07. The van der Waals surface area contributed by atoms with E-state index in [9.17, 15) is 0 Å². The molecule has 0 aliphatic carbocycles. The Balaban J connectivity index is 3.44. The first kappa shape index (κ1) is 12.0. The van der Waals surface area contributed by atoms with Crippen LogP contribution in [0.3, 0.4) is 0 Å². The highest BCUT2D eigenvalue weighted by atomic mass is 32.2. The first-order valence-electron chi connectivity index (χ1n) is 4.47. The molecule has 0 saturated heterocycles. The Morgan fingerprint density at radius 3 is 2.42 bits per heavy atom. The zero-order valence-electron chi connectivity index (χ0n) is 8.74. The second kappa shape index (κ2) is 5.65. The van der Waals surface area contributed by atoms with Gasteiger partial charge in [-0.1, -0.05) is 39.8 Å². The third-order valence-electron chi connectivity index (χ3n) is 1.33. The monoisotopic (exact) mass is 187 g/mol. The van der Waals surface area contributed by atoms with Gasteiger partial charge < -0.3 is 5.32 Å². The highest BCUT2D eigenvalue weighted by Gasteiger charge is 2.10. The van der Waals surface area contributed by atoms with Crippen molar-refractivity contribution in [2.24, 2.45) is 0 Å². The van der Waals surface area contributed by atoms with Gasteiger partial charge in [0.2, 0.25) is 0 Å². The van der Waals surface area contributed by atoms with Gasteiger partial charge in [0, 0.05) is 17.0 Å². The molecule has 0 rings (SSSR count). The van der Waals surface area contributed by atoms with Gasteiger partial charge in [0.05, 0.1) is 0 Å². The summed E-state index contributed by atoms with van der Waals surface area (Å²) in [4.78, 5) is 0. The Hall–Kier alpha value is 0.0500. The number of thioether (sulfide) groups is 1. The fourth-order valence-corrected chi connectivity index (χ4v) is 1.41. The van der Waals surface area contributed by atoms with Gasteiger partial charge in [0.25, 0.3) is 0 Å². The van der Waals surface area contributed by atoms with Crippen molar-refractivity contribution in [1.82, 2.24) is 5.32 Å². The van der Waals surface area contributed by atoms with Gasteiger partial charge in [-0.05, 0) is 6.54 Å². The van der Waals surface area contributed by atoms with E-state index in [-0.39, 0.29) is 0 Å². The van der Waals surface area contributed by atoms with Gasteiger partial charge in [-0.3, -0.25) is 0 Å². The minimum Gasteiger partial charge on any atom is -0.313 e. The molecule has 1 nitrogen and oxygen atoms in total. The Bertz CT molecular complexity index is 135. The summed E-state index contributed by atoms with van der Waals surface area (Å²) in [6.45, 7) is 14.8. The molecule has 0 aromatic heterocycles. The lowest BCUT2D eigenvalue weighted by molar-refractivity contribution is 0.774. The van der Waals surface area contributed by atoms with Gasteiger partial charge in [-0.2, -0.15) is 11.8 Å². The summed E-state index contributed by atoms with van der Waals surface area (Å²) in [5.41, 5.74) is 1.29. The molecular weight excluding hydrogens is 166 g/mol. The molecule has 0 atom stereocenters. The minimum absolute atomic E-state index is 0.356. The maximum Gasteiger partial charge on any atom is 0.0170 e. The van der Waals surface area contributed by atoms with E-state index in [1.807, 2.05) is 11.8 Å². The molecule has 0 unspecified atom stereocenters. The maximum absolute atomic E-state index is 4.01. The van der Waals surface area contributed by atoms with E-state index in [1.54, 1.807) is 0 Å². The van der Waals surface area contributed by atoms with Gasteiger partial charge in [-0.15, -0.1) is 0 Å². The summed E-state index contributed by atoms with van der Waals surface area (Å²) < 4.78 is 0.356. The molecule has 1 N–H and O–H groups in total. The molecule has 0 radical (unpaired) electrons. The van der Waals surface area contributed by atoms with E-state index < -0.39 is 0 Å². The molecule has 0 bridgehead atoms. The third kappa shape index (κ3) is 8.15. The van der Waals surface area contributed by atoms with Crippen molar-refractivity contribution < 1.29 is 0 Å². The lowest BCUT2D eigenvalue weighted by atomic mass is 10.3. The van der Waals surface area contributed by atoms with Crippen LogP contribution in [0.2, 0.25) is 0 Å². The lowest BCUT2D eigenvalue weighted by Crippen LogP contribution is -2.18. The predicted molar refractivity (Wildman–Crippen MR) is 59.9 cm³/mol. The molecule has 0 aliphatic rings. The van der Waals surface area contributed by atoms with Crippen molar-refractivity contribution in [2.75, 3.05) is 18.8 Å². The van der Waals surface area contributed by atoms with Crippen LogP contribution in [0.1, 0.15) is 27.7 Å². The largest absolute Gasteiger partial charge is 0.313 e. The Labute approximate surface area is 81.0 Å². The molecule has 0 aromatic rings. The number of rotatable bonds is 5. The summed E-state index contributed by atoms with van der Waals surface area (Å²) in [6, 6.07) is 0. The molecule has 0 spiro atoms. The van der Waals surface area contributed by atoms with Crippen molar-refractivity contribution in [3.63, 3.8) is 0 Å².